The zero-order valence-electron chi connectivity index (χ0n) is 13.1. The first-order chi connectivity index (χ1) is 8.33. The zero-order valence-corrected chi connectivity index (χ0v) is 13.1. The molecule has 0 amide bonds. The molecule has 0 aliphatic rings. The van der Waals surface area contributed by atoms with E-state index in [0.29, 0.717) is 13.2 Å². The van der Waals surface area contributed by atoms with E-state index in [0.717, 1.165) is 25.9 Å². The quantitative estimate of drug-likeness (QED) is 0.556. The second-order valence-electron chi connectivity index (χ2n) is 5.92. The fourth-order valence-corrected chi connectivity index (χ4v) is 1.63. The third-order valence-corrected chi connectivity index (χ3v) is 3.02. The van der Waals surface area contributed by atoms with Crippen molar-refractivity contribution in [3.63, 3.8) is 0 Å². The molecule has 0 aliphatic carbocycles. The Balaban J connectivity index is 3.71. The second kappa shape index (κ2) is 8.86. The SMILES string of the molecule is CNCCC(C)(C)OCCOC(C)(C)CCNC. The summed E-state index contributed by atoms with van der Waals surface area (Å²) in [6, 6.07) is 0. The number of ether oxygens (including phenoxy) is 2. The molecule has 0 aliphatic heterocycles. The Kier molecular flexibility index (Phi) is 8.78. The van der Waals surface area contributed by atoms with E-state index in [4.69, 9.17) is 9.47 Å². The summed E-state index contributed by atoms with van der Waals surface area (Å²) in [7, 11) is 3.92. The molecule has 0 aromatic carbocycles. The van der Waals surface area contributed by atoms with Gasteiger partial charge < -0.3 is 20.1 Å². The summed E-state index contributed by atoms with van der Waals surface area (Å²) in [5.41, 5.74) is -0.164. The third-order valence-electron chi connectivity index (χ3n) is 3.02. The van der Waals surface area contributed by atoms with Crippen molar-refractivity contribution < 1.29 is 9.47 Å². The first kappa shape index (κ1) is 17.8. The molecule has 0 heterocycles. The number of hydrogen-bond acceptors (Lipinski definition) is 4. The van der Waals surface area contributed by atoms with Gasteiger partial charge in [-0.1, -0.05) is 0 Å². The van der Waals surface area contributed by atoms with E-state index in [2.05, 4.69) is 38.3 Å². The van der Waals surface area contributed by atoms with Gasteiger partial charge in [0, 0.05) is 0 Å². The Morgan fingerprint density at radius 1 is 0.722 bits per heavy atom. The van der Waals surface area contributed by atoms with Gasteiger partial charge in [-0.25, -0.2) is 0 Å². The van der Waals surface area contributed by atoms with Gasteiger partial charge in [0.05, 0.1) is 24.4 Å². The number of nitrogens with one attached hydrogen (secondary N) is 2. The lowest BCUT2D eigenvalue weighted by Crippen LogP contribution is -2.33. The number of hydrogen-bond donors (Lipinski definition) is 2. The van der Waals surface area contributed by atoms with Crippen LogP contribution in [0.1, 0.15) is 40.5 Å². The lowest BCUT2D eigenvalue weighted by molar-refractivity contribution is -0.0878. The van der Waals surface area contributed by atoms with Gasteiger partial charge in [0.1, 0.15) is 0 Å². The molecule has 4 nitrogen and oxygen atoms in total. The molecule has 0 unspecified atom stereocenters. The molecule has 0 saturated carbocycles. The highest BCUT2D eigenvalue weighted by Crippen LogP contribution is 2.16. The molecule has 0 fully saturated rings. The van der Waals surface area contributed by atoms with Crippen LogP contribution >= 0.6 is 0 Å². The summed E-state index contributed by atoms with van der Waals surface area (Å²) in [5.74, 6) is 0. The molecular weight excluding hydrogens is 228 g/mol. The molecular formula is C14H32N2O2. The van der Waals surface area contributed by atoms with Gasteiger partial charge in [-0.05, 0) is 67.7 Å². The Bertz CT molecular complexity index is 184. The van der Waals surface area contributed by atoms with E-state index in [-0.39, 0.29) is 11.2 Å². The van der Waals surface area contributed by atoms with E-state index in [9.17, 15) is 0 Å². The molecule has 0 radical (unpaired) electrons. The molecule has 18 heavy (non-hydrogen) atoms. The molecule has 0 saturated heterocycles. The second-order valence-corrected chi connectivity index (χ2v) is 5.92. The molecule has 0 rings (SSSR count). The van der Waals surface area contributed by atoms with E-state index in [1.54, 1.807) is 0 Å². The summed E-state index contributed by atoms with van der Waals surface area (Å²) in [6.45, 7) is 11.7. The predicted molar refractivity (Wildman–Crippen MR) is 77.1 cm³/mol. The molecule has 0 bridgehead atoms. The standard InChI is InChI=1S/C14H32N2O2/c1-13(2,7-9-15-5)17-11-12-18-14(3,4)8-10-16-6/h15-16H,7-12H2,1-6H3. The summed E-state index contributed by atoms with van der Waals surface area (Å²) < 4.78 is 11.7. The molecule has 110 valence electrons. The minimum Gasteiger partial charge on any atom is -0.373 e. The van der Waals surface area contributed by atoms with Gasteiger partial charge in [-0.15, -0.1) is 0 Å². The third kappa shape index (κ3) is 9.83. The average molecular weight is 260 g/mol. The molecule has 0 aromatic heterocycles. The molecule has 4 heteroatoms. The fourth-order valence-electron chi connectivity index (χ4n) is 1.63. The maximum atomic E-state index is 5.85. The van der Waals surface area contributed by atoms with Crippen LogP contribution in [0.4, 0.5) is 0 Å². The first-order valence-electron chi connectivity index (χ1n) is 6.90. The van der Waals surface area contributed by atoms with Crippen LogP contribution in [0.2, 0.25) is 0 Å². The zero-order chi connectivity index (χ0) is 14.1. The summed E-state index contributed by atoms with van der Waals surface area (Å²) in [6.07, 6.45) is 2.01. The smallest absolute Gasteiger partial charge is 0.0708 e. The van der Waals surface area contributed by atoms with Crippen molar-refractivity contribution in [2.75, 3.05) is 40.4 Å². The van der Waals surface area contributed by atoms with Crippen molar-refractivity contribution >= 4 is 0 Å². The van der Waals surface area contributed by atoms with Gasteiger partial charge in [0.2, 0.25) is 0 Å². The summed E-state index contributed by atoms with van der Waals surface area (Å²) in [5, 5.41) is 6.29. The van der Waals surface area contributed by atoms with Crippen molar-refractivity contribution in [2.24, 2.45) is 0 Å². The Morgan fingerprint density at radius 3 is 1.33 bits per heavy atom. The first-order valence-corrected chi connectivity index (χ1v) is 6.90. The van der Waals surface area contributed by atoms with E-state index in [1.165, 1.54) is 0 Å². The van der Waals surface area contributed by atoms with Crippen molar-refractivity contribution in [1.82, 2.24) is 10.6 Å². The van der Waals surface area contributed by atoms with Crippen LogP contribution in [0, 0.1) is 0 Å². The molecule has 2 N–H and O–H groups in total. The Hall–Kier alpha value is -0.160. The van der Waals surface area contributed by atoms with Gasteiger partial charge in [-0.3, -0.25) is 0 Å². The Morgan fingerprint density at radius 2 is 1.06 bits per heavy atom. The van der Waals surface area contributed by atoms with Crippen LogP contribution in [0.25, 0.3) is 0 Å². The van der Waals surface area contributed by atoms with Crippen LogP contribution in [0.3, 0.4) is 0 Å². The van der Waals surface area contributed by atoms with Crippen molar-refractivity contribution in [1.29, 1.82) is 0 Å². The lowest BCUT2D eigenvalue weighted by Gasteiger charge is -2.28. The lowest BCUT2D eigenvalue weighted by atomic mass is 10.1. The van der Waals surface area contributed by atoms with Crippen LogP contribution in [-0.4, -0.2) is 51.6 Å². The summed E-state index contributed by atoms with van der Waals surface area (Å²) >= 11 is 0. The number of rotatable bonds is 11. The van der Waals surface area contributed by atoms with E-state index < -0.39 is 0 Å². The van der Waals surface area contributed by atoms with Gasteiger partial charge in [0.15, 0.2) is 0 Å². The highest BCUT2D eigenvalue weighted by Gasteiger charge is 2.20. The van der Waals surface area contributed by atoms with Gasteiger partial charge in [0.25, 0.3) is 0 Å². The van der Waals surface area contributed by atoms with Crippen molar-refractivity contribution in [2.45, 2.75) is 51.7 Å². The largest absolute Gasteiger partial charge is 0.373 e. The molecule has 0 aromatic rings. The van der Waals surface area contributed by atoms with Crippen LogP contribution < -0.4 is 10.6 Å². The van der Waals surface area contributed by atoms with Crippen molar-refractivity contribution in [3.8, 4) is 0 Å². The van der Waals surface area contributed by atoms with Gasteiger partial charge in [-0.2, -0.15) is 0 Å². The van der Waals surface area contributed by atoms with Crippen LogP contribution in [0.15, 0.2) is 0 Å². The predicted octanol–water partition coefficient (Wildman–Crippen LogP) is 1.80. The maximum Gasteiger partial charge on any atom is 0.0708 e. The fraction of sp³-hybridized carbons (Fsp3) is 1.00. The minimum atomic E-state index is -0.0819. The van der Waals surface area contributed by atoms with Crippen LogP contribution in [-0.2, 0) is 9.47 Å². The monoisotopic (exact) mass is 260 g/mol. The normalized spacial score (nSPS) is 13.0. The average Bonchev–Trinajstić information content (AvgIpc) is 2.30. The van der Waals surface area contributed by atoms with Crippen molar-refractivity contribution in [3.05, 3.63) is 0 Å². The van der Waals surface area contributed by atoms with Gasteiger partial charge >= 0.3 is 0 Å². The summed E-state index contributed by atoms with van der Waals surface area (Å²) in [4.78, 5) is 0. The molecule has 0 spiro atoms. The highest BCUT2D eigenvalue weighted by molar-refractivity contribution is 4.71. The topological polar surface area (TPSA) is 42.5 Å². The molecule has 0 atom stereocenters. The van der Waals surface area contributed by atoms with Crippen LogP contribution in [0.5, 0.6) is 0 Å². The van der Waals surface area contributed by atoms with E-state index >= 15 is 0 Å². The highest BCUT2D eigenvalue weighted by atomic mass is 16.5. The Labute approximate surface area is 113 Å². The van der Waals surface area contributed by atoms with E-state index in [1.807, 2.05) is 14.1 Å². The minimum absolute atomic E-state index is 0.0819. The maximum absolute atomic E-state index is 5.85.